The quantitative estimate of drug-likeness (QED) is 0.134. The zero-order valence-corrected chi connectivity index (χ0v) is 26.9. The van der Waals surface area contributed by atoms with Crippen LogP contribution in [-0.2, 0) is 37.4 Å². The number of benzene rings is 2. The first-order valence-corrected chi connectivity index (χ1v) is 15.6. The smallest absolute Gasteiger partial charge is 0.250 e. The number of aryl methyl sites for hydroxylation is 1. The van der Waals surface area contributed by atoms with Gasteiger partial charge >= 0.3 is 0 Å². The minimum absolute atomic E-state index is 0.0660. The zero-order valence-electron chi connectivity index (χ0n) is 26.9. The first kappa shape index (κ1) is 33.3. The topological polar surface area (TPSA) is 123 Å². The third-order valence-corrected chi connectivity index (χ3v) is 8.27. The van der Waals surface area contributed by atoms with Gasteiger partial charge in [0.05, 0.1) is 38.6 Å². The Morgan fingerprint density at radius 2 is 1.87 bits per heavy atom. The molecule has 2 aromatic heterocycles. The minimum Gasteiger partial charge on any atom is -0.443 e. The summed E-state index contributed by atoms with van der Waals surface area (Å²) in [6.45, 7) is 8.26. The number of ether oxygens (including phenoxy) is 3. The molecule has 2 aromatic carbocycles. The Balaban J connectivity index is 1.10. The average molecular weight is 633 g/mol. The van der Waals surface area contributed by atoms with Crippen LogP contribution in [0.3, 0.4) is 0 Å². The number of likely N-dealkylation sites (N-methyl/N-ethyl adjacent to an activating group) is 1. The van der Waals surface area contributed by atoms with Gasteiger partial charge in [0.2, 0.25) is 11.8 Å². The summed E-state index contributed by atoms with van der Waals surface area (Å²) in [6.07, 6.45) is 4.96. The third-order valence-electron chi connectivity index (χ3n) is 8.27. The maximum atomic E-state index is 12.6. The molecule has 0 spiro atoms. The Morgan fingerprint density at radius 3 is 2.65 bits per heavy atom. The Hall–Kier alpha value is -4.07. The van der Waals surface area contributed by atoms with E-state index in [1.165, 1.54) is 23.4 Å². The molecule has 3 heterocycles. The van der Waals surface area contributed by atoms with Gasteiger partial charge in [-0.25, -0.2) is 4.98 Å². The van der Waals surface area contributed by atoms with Crippen LogP contribution in [-0.4, -0.2) is 111 Å². The SMILES string of the molecule is C=CC(=O)NCCOCCOCCOCC(=O)Nc1ccc2c([C@H]3CN(Cc4cccc5ncoc45)C[C@@H]3N(C)C)cn(C)c2c1. The molecule has 0 bridgehead atoms. The molecule has 12 nitrogen and oxygen atoms in total. The van der Waals surface area contributed by atoms with E-state index in [1.807, 2.05) is 31.3 Å². The fourth-order valence-electron chi connectivity index (χ4n) is 6.04. The third kappa shape index (κ3) is 8.39. The van der Waals surface area contributed by atoms with Gasteiger partial charge in [-0.05, 0) is 43.9 Å². The van der Waals surface area contributed by atoms with Crippen molar-refractivity contribution in [2.24, 2.45) is 7.05 Å². The molecular formula is C34H44N6O6. The maximum absolute atomic E-state index is 12.6. The van der Waals surface area contributed by atoms with E-state index in [4.69, 9.17) is 18.6 Å². The van der Waals surface area contributed by atoms with Crippen LogP contribution in [0.1, 0.15) is 17.0 Å². The van der Waals surface area contributed by atoms with Crippen molar-refractivity contribution in [3.05, 3.63) is 72.8 Å². The minimum atomic E-state index is -0.226. The molecule has 2 atom stereocenters. The van der Waals surface area contributed by atoms with Crippen LogP contribution in [0.25, 0.3) is 22.0 Å². The van der Waals surface area contributed by atoms with Gasteiger partial charge in [-0.15, -0.1) is 0 Å². The van der Waals surface area contributed by atoms with Crippen LogP contribution in [0.4, 0.5) is 5.69 Å². The summed E-state index contributed by atoms with van der Waals surface area (Å²) in [7, 11) is 6.35. The fraction of sp³-hybridized carbons (Fsp3) is 0.441. The molecule has 2 N–H and O–H groups in total. The van der Waals surface area contributed by atoms with Gasteiger partial charge in [-0.3, -0.25) is 14.5 Å². The number of rotatable bonds is 17. The van der Waals surface area contributed by atoms with E-state index in [1.54, 1.807) is 0 Å². The van der Waals surface area contributed by atoms with Crippen LogP contribution in [0.15, 0.2) is 66.1 Å². The van der Waals surface area contributed by atoms with Crippen LogP contribution < -0.4 is 10.6 Å². The van der Waals surface area contributed by atoms with Crippen LogP contribution in [0.2, 0.25) is 0 Å². The predicted molar refractivity (Wildman–Crippen MR) is 177 cm³/mol. The van der Waals surface area contributed by atoms with Gasteiger partial charge in [-0.2, -0.15) is 0 Å². The van der Waals surface area contributed by atoms with Gasteiger partial charge in [0, 0.05) is 68.0 Å². The highest BCUT2D eigenvalue weighted by molar-refractivity contribution is 5.95. The highest BCUT2D eigenvalue weighted by Crippen LogP contribution is 2.37. The number of fused-ring (bicyclic) bond motifs is 2. The second kappa shape index (κ2) is 16.0. The second-order valence-corrected chi connectivity index (χ2v) is 11.7. The molecule has 2 amide bonds. The highest BCUT2D eigenvalue weighted by atomic mass is 16.5. The van der Waals surface area contributed by atoms with Crippen molar-refractivity contribution in [2.75, 3.05) is 78.7 Å². The number of carbonyl (C=O) groups excluding carboxylic acids is 2. The molecule has 1 aliphatic heterocycles. The van der Waals surface area contributed by atoms with E-state index in [2.05, 4.69) is 69.0 Å². The van der Waals surface area contributed by atoms with Gasteiger partial charge in [0.25, 0.3) is 0 Å². The Bertz CT molecular complexity index is 1630. The molecule has 1 fully saturated rings. The summed E-state index contributed by atoms with van der Waals surface area (Å²) in [5.41, 5.74) is 5.99. The second-order valence-electron chi connectivity index (χ2n) is 11.7. The summed E-state index contributed by atoms with van der Waals surface area (Å²) in [4.78, 5) is 32.7. The molecule has 46 heavy (non-hydrogen) atoms. The molecule has 0 unspecified atom stereocenters. The summed E-state index contributed by atoms with van der Waals surface area (Å²) in [6, 6.07) is 12.6. The molecule has 0 aliphatic carbocycles. The number of carbonyl (C=O) groups is 2. The van der Waals surface area contributed by atoms with E-state index < -0.39 is 0 Å². The number of nitrogens with zero attached hydrogens (tertiary/aromatic N) is 4. The Labute approximate surface area is 269 Å². The highest BCUT2D eigenvalue weighted by Gasteiger charge is 2.37. The molecule has 0 saturated carbocycles. The summed E-state index contributed by atoms with van der Waals surface area (Å²) >= 11 is 0. The Kier molecular flexibility index (Phi) is 11.6. The number of hydrogen-bond donors (Lipinski definition) is 2. The lowest BCUT2D eigenvalue weighted by molar-refractivity contribution is -0.121. The number of oxazole rings is 1. The number of aromatic nitrogens is 2. The number of anilines is 1. The first-order valence-electron chi connectivity index (χ1n) is 15.6. The molecule has 4 aromatic rings. The van der Waals surface area contributed by atoms with E-state index in [0.717, 1.165) is 47.5 Å². The molecular weight excluding hydrogens is 588 g/mol. The molecule has 12 heteroatoms. The average Bonchev–Trinajstić information content (AvgIpc) is 3.77. The van der Waals surface area contributed by atoms with Gasteiger partial charge in [-0.1, -0.05) is 24.8 Å². The maximum Gasteiger partial charge on any atom is 0.250 e. The van der Waals surface area contributed by atoms with E-state index in [-0.39, 0.29) is 18.4 Å². The van der Waals surface area contributed by atoms with Crippen molar-refractivity contribution < 1.29 is 28.2 Å². The van der Waals surface area contributed by atoms with Crippen molar-refractivity contribution >= 4 is 39.5 Å². The Morgan fingerprint density at radius 1 is 1.09 bits per heavy atom. The standard InChI is InChI=1S/C34H44N6O6/c1-5-32(41)35-11-12-43-13-14-44-15-16-45-22-33(42)37-25-9-10-26-27(19-39(4)30(26)17-25)28-20-40(21-31(28)38(2)3)18-24-7-6-8-29-34(24)46-23-36-29/h5-10,17,19,23,28,31H,1,11-16,18,20-22H2,2-4H3,(H,35,41)(H,37,42)/t28-,31+/m1/s1. The lowest BCUT2D eigenvalue weighted by Crippen LogP contribution is -2.34. The van der Waals surface area contributed by atoms with E-state index in [0.29, 0.717) is 51.5 Å². The van der Waals surface area contributed by atoms with Gasteiger partial charge < -0.3 is 38.7 Å². The van der Waals surface area contributed by atoms with Crippen LogP contribution in [0.5, 0.6) is 0 Å². The summed E-state index contributed by atoms with van der Waals surface area (Å²) in [5, 5.41) is 6.77. The first-order chi connectivity index (χ1) is 22.3. The fourth-order valence-corrected chi connectivity index (χ4v) is 6.04. The number of likely N-dealkylation sites (tertiary alicyclic amines) is 1. The van der Waals surface area contributed by atoms with Crippen molar-refractivity contribution in [3.63, 3.8) is 0 Å². The summed E-state index contributed by atoms with van der Waals surface area (Å²) in [5.74, 6) is -0.129. The van der Waals surface area contributed by atoms with Crippen LogP contribution in [0, 0.1) is 0 Å². The van der Waals surface area contributed by atoms with E-state index >= 15 is 0 Å². The summed E-state index contributed by atoms with van der Waals surface area (Å²) < 4.78 is 24.1. The predicted octanol–water partition coefficient (Wildman–Crippen LogP) is 3.14. The normalized spacial score (nSPS) is 16.9. The monoisotopic (exact) mass is 632 g/mol. The number of hydrogen-bond acceptors (Lipinski definition) is 9. The lowest BCUT2D eigenvalue weighted by Gasteiger charge is -2.25. The van der Waals surface area contributed by atoms with E-state index in [9.17, 15) is 9.59 Å². The molecule has 1 aliphatic rings. The molecule has 5 rings (SSSR count). The molecule has 0 radical (unpaired) electrons. The lowest BCUT2D eigenvalue weighted by atomic mass is 9.93. The van der Waals surface area contributed by atoms with Crippen molar-refractivity contribution in [3.8, 4) is 0 Å². The molecule has 246 valence electrons. The van der Waals surface area contributed by atoms with Crippen LogP contribution >= 0.6 is 0 Å². The van der Waals surface area contributed by atoms with Crippen molar-refractivity contribution in [2.45, 2.75) is 18.5 Å². The van der Waals surface area contributed by atoms with Crippen molar-refractivity contribution in [1.82, 2.24) is 24.7 Å². The molecule has 1 saturated heterocycles. The van der Waals surface area contributed by atoms with Crippen molar-refractivity contribution in [1.29, 1.82) is 0 Å². The van der Waals surface area contributed by atoms with Gasteiger partial charge in [0.15, 0.2) is 12.0 Å². The number of nitrogens with one attached hydrogen (secondary N) is 2. The number of amides is 2. The largest absolute Gasteiger partial charge is 0.443 e. The van der Waals surface area contributed by atoms with Gasteiger partial charge in [0.1, 0.15) is 12.1 Å². The zero-order chi connectivity index (χ0) is 32.5. The number of para-hydroxylation sites is 1.